The van der Waals surface area contributed by atoms with Gasteiger partial charge >= 0.3 is 6.09 Å². The van der Waals surface area contributed by atoms with Crippen molar-refractivity contribution in [3.63, 3.8) is 0 Å². The lowest BCUT2D eigenvalue weighted by molar-refractivity contribution is -0.122. The fraction of sp³-hybridized carbons (Fsp3) is 0.464. The molecule has 1 saturated heterocycles. The van der Waals surface area contributed by atoms with Crippen molar-refractivity contribution in [2.75, 3.05) is 43.5 Å². The van der Waals surface area contributed by atoms with Gasteiger partial charge in [-0.1, -0.05) is 11.6 Å². The zero-order valence-corrected chi connectivity index (χ0v) is 24.7. The number of anilines is 3. The molecule has 1 aliphatic rings. The molecule has 0 aliphatic carbocycles. The van der Waals surface area contributed by atoms with E-state index in [1.165, 1.54) is 11.6 Å². The number of aryl methyl sites for hydroxylation is 1. The first-order valence-electron chi connectivity index (χ1n) is 13.4. The minimum absolute atomic E-state index is 0.0767. The smallest absolute Gasteiger partial charge is 0.407 e. The topological polar surface area (TPSA) is 140 Å². The third kappa shape index (κ3) is 7.78. The molecule has 3 N–H and O–H groups in total. The predicted molar refractivity (Wildman–Crippen MR) is 158 cm³/mol. The molecule has 1 aromatic carbocycles. The van der Waals surface area contributed by atoms with E-state index in [2.05, 4.69) is 30.8 Å². The number of alkyl carbamates (subject to hydrolysis) is 1. The Morgan fingerprint density at radius 3 is 2.59 bits per heavy atom. The number of ether oxygens (including phenoxy) is 2. The summed E-state index contributed by atoms with van der Waals surface area (Å²) in [6.45, 7) is 7.30. The number of amides is 2. The Morgan fingerprint density at radius 2 is 1.90 bits per heavy atom. The van der Waals surface area contributed by atoms with E-state index in [0.717, 1.165) is 31.3 Å². The van der Waals surface area contributed by atoms with Crippen LogP contribution in [0, 0.1) is 5.92 Å². The van der Waals surface area contributed by atoms with Crippen molar-refractivity contribution in [1.29, 1.82) is 0 Å². The highest BCUT2D eigenvalue weighted by Gasteiger charge is 2.23. The zero-order valence-electron chi connectivity index (χ0n) is 23.9. The number of fused-ring (bicyclic) bond motifs is 1. The summed E-state index contributed by atoms with van der Waals surface area (Å²) in [7, 11) is 3.15. The van der Waals surface area contributed by atoms with Gasteiger partial charge < -0.3 is 34.9 Å². The Hall–Kier alpha value is -4.06. The summed E-state index contributed by atoms with van der Waals surface area (Å²) >= 11 is 6.44. The molecule has 0 saturated carbocycles. The zero-order chi connectivity index (χ0) is 29.7. The van der Waals surface area contributed by atoms with Gasteiger partial charge in [0.1, 0.15) is 10.6 Å². The molecule has 41 heavy (non-hydrogen) atoms. The number of carbonyl (C=O) groups is 2. The second kappa shape index (κ2) is 12.6. The van der Waals surface area contributed by atoms with E-state index in [9.17, 15) is 14.4 Å². The van der Waals surface area contributed by atoms with Crippen LogP contribution >= 0.6 is 11.6 Å². The van der Waals surface area contributed by atoms with Crippen LogP contribution in [-0.2, 0) is 16.6 Å². The van der Waals surface area contributed by atoms with Gasteiger partial charge in [-0.15, -0.1) is 0 Å². The van der Waals surface area contributed by atoms with Crippen molar-refractivity contribution in [2.45, 2.75) is 39.2 Å². The lowest BCUT2D eigenvalue weighted by Gasteiger charge is -2.32. The minimum atomic E-state index is -0.526. The molecule has 0 atom stereocenters. The fourth-order valence-electron chi connectivity index (χ4n) is 4.46. The fourth-order valence-corrected chi connectivity index (χ4v) is 4.60. The lowest BCUT2D eigenvalue weighted by Crippen LogP contribution is -2.40. The van der Waals surface area contributed by atoms with Gasteiger partial charge in [-0.05, 0) is 63.8 Å². The number of nitrogens with zero attached hydrogens (tertiary/aromatic N) is 4. The summed E-state index contributed by atoms with van der Waals surface area (Å²) in [6, 6.07) is 7.10. The van der Waals surface area contributed by atoms with E-state index in [4.69, 9.17) is 21.1 Å². The highest BCUT2D eigenvalue weighted by molar-refractivity contribution is 6.32. The number of halogens is 1. The van der Waals surface area contributed by atoms with Gasteiger partial charge in [0, 0.05) is 44.8 Å². The highest BCUT2D eigenvalue weighted by Crippen LogP contribution is 2.29. The Labute approximate surface area is 243 Å². The van der Waals surface area contributed by atoms with Gasteiger partial charge in [0.25, 0.3) is 11.5 Å². The molecule has 0 bridgehead atoms. The second-order valence-electron chi connectivity index (χ2n) is 10.9. The van der Waals surface area contributed by atoms with Crippen LogP contribution < -0.4 is 31.1 Å². The van der Waals surface area contributed by atoms with Gasteiger partial charge in [-0.25, -0.2) is 9.78 Å². The van der Waals surface area contributed by atoms with Crippen molar-refractivity contribution < 1.29 is 19.1 Å². The third-order valence-electron chi connectivity index (χ3n) is 6.65. The van der Waals surface area contributed by atoms with Crippen LogP contribution in [0.1, 0.15) is 33.6 Å². The Bertz CT molecular complexity index is 1480. The maximum Gasteiger partial charge on any atom is 0.407 e. The van der Waals surface area contributed by atoms with Crippen LogP contribution in [0.4, 0.5) is 22.2 Å². The average Bonchev–Trinajstić information content (AvgIpc) is 2.93. The largest absolute Gasteiger partial charge is 0.478 e. The summed E-state index contributed by atoms with van der Waals surface area (Å²) < 4.78 is 12.2. The Balaban J connectivity index is 1.43. The van der Waals surface area contributed by atoms with Crippen molar-refractivity contribution in [3.8, 4) is 5.75 Å². The maximum absolute atomic E-state index is 12.7. The van der Waals surface area contributed by atoms with Crippen molar-refractivity contribution in [2.24, 2.45) is 13.0 Å². The number of rotatable bonds is 8. The van der Waals surface area contributed by atoms with E-state index in [0.29, 0.717) is 40.5 Å². The number of hydrogen-bond acceptors (Lipinski definition) is 9. The molecule has 0 unspecified atom stereocenters. The molecular weight excluding hydrogens is 550 g/mol. The number of hydrogen-bond donors (Lipinski definition) is 3. The van der Waals surface area contributed by atoms with Crippen molar-refractivity contribution >= 4 is 52.0 Å². The molecule has 2 amide bonds. The molecule has 2 aromatic heterocycles. The van der Waals surface area contributed by atoms with Gasteiger partial charge in [0.2, 0.25) is 5.95 Å². The summed E-state index contributed by atoms with van der Waals surface area (Å²) in [5.74, 6) is 1.09. The number of pyridine rings is 1. The lowest BCUT2D eigenvalue weighted by atomic mass is 9.97. The number of aromatic nitrogens is 3. The Morgan fingerprint density at radius 1 is 1.17 bits per heavy atom. The van der Waals surface area contributed by atoms with E-state index in [-0.39, 0.29) is 23.8 Å². The molecule has 1 fully saturated rings. The molecular formula is C28H36ClN7O5. The van der Waals surface area contributed by atoms with Crippen LogP contribution in [-0.4, -0.2) is 65.4 Å². The SMILES string of the molecule is CNC(=O)COc1cc2cc(Nc3nc(N4CCC(CNC(=O)OC(C)(C)C)CC4)ncc3Cl)ccc2n(C)c1=O. The summed E-state index contributed by atoms with van der Waals surface area (Å²) in [5, 5.41) is 9.67. The van der Waals surface area contributed by atoms with E-state index in [1.54, 1.807) is 19.3 Å². The summed E-state index contributed by atoms with van der Waals surface area (Å²) in [6.07, 6.45) is 2.91. The van der Waals surface area contributed by atoms with Crippen molar-refractivity contribution in [1.82, 2.24) is 25.2 Å². The van der Waals surface area contributed by atoms with Gasteiger partial charge in [-0.2, -0.15) is 4.98 Å². The minimum Gasteiger partial charge on any atom is -0.478 e. The summed E-state index contributed by atoms with van der Waals surface area (Å²) in [5.41, 5.74) is 0.537. The first kappa shape index (κ1) is 29.9. The van der Waals surface area contributed by atoms with E-state index >= 15 is 0 Å². The van der Waals surface area contributed by atoms with Crippen LogP contribution in [0.3, 0.4) is 0 Å². The quantitative estimate of drug-likeness (QED) is 0.362. The van der Waals surface area contributed by atoms with Gasteiger partial charge in [-0.3, -0.25) is 9.59 Å². The van der Waals surface area contributed by atoms with Gasteiger partial charge in [0.05, 0.1) is 11.7 Å². The monoisotopic (exact) mass is 585 g/mol. The summed E-state index contributed by atoms with van der Waals surface area (Å²) in [4.78, 5) is 47.4. The van der Waals surface area contributed by atoms with Crippen LogP contribution in [0.15, 0.2) is 35.3 Å². The first-order chi connectivity index (χ1) is 19.4. The second-order valence-corrected chi connectivity index (χ2v) is 11.3. The number of likely N-dealkylation sites (N-methyl/N-ethyl adjacent to an activating group) is 1. The van der Waals surface area contributed by atoms with Crippen LogP contribution in [0.25, 0.3) is 10.9 Å². The number of nitrogens with one attached hydrogen (secondary N) is 3. The normalized spacial score (nSPS) is 14.0. The Kier molecular flexibility index (Phi) is 9.21. The van der Waals surface area contributed by atoms with E-state index < -0.39 is 11.7 Å². The maximum atomic E-state index is 12.7. The predicted octanol–water partition coefficient (Wildman–Crippen LogP) is 3.59. The van der Waals surface area contributed by atoms with E-state index in [1.807, 2.05) is 39.0 Å². The van der Waals surface area contributed by atoms with Crippen molar-refractivity contribution in [3.05, 3.63) is 45.8 Å². The standard InChI is InChI=1S/C28H36ClN7O5/c1-28(2,3)41-27(39)32-14-17-8-10-36(11-9-17)26-31-15-20(29)24(34-26)33-19-6-7-21-18(12-19)13-22(25(38)35(21)5)40-16-23(37)30-4/h6-7,12-13,15,17H,8-11,14,16H2,1-5H3,(H,30,37)(H,32,39)(H,31,33,34). The number of carbonyl (C=O) groups excluding carboxylic acids is 2. The average molecular weight is 586 g/mol. The van der Waals surface area contributed by atoms with Gasteiger partial charge in [0.15, 0.2) is 18.2 Å². The number of benzene rings is 1. The number of piperidine rings is 1. The van der Waals surface area contributed by atoms with Crippen LogP contribution in [0.5, 0.6) is 5.75 Å². The highest BCUT2D eigenvalue weighted by atomic mass is 35.5. The third-order valence-corrected chi connectivity index (χ3v) is 6.93. The first-order valence-corrected chi connectivity index (χ1v) is 13.8. The molecule has 4 rings (SSSR count). The molecule has 12 nitrogen and oxygen atoms in total. The molecule has 1 aliphatic heterocycles. The molecule has 0 radical (unpaired) electrons. The molecule has 3 aromatic rings. The molecule has 220 valence electrons. The molecule has 0 spiro atoms. The molecule has 13 heteroatoms. The molecule has 3 heterocycles. The van der Waals surface area contributed by atoms with Crippen LogP contribution in [0.2, 0.25) is 5.02 Å².